The fourth-order valence-corrected chi connectivity index (χ4v) is 3.89. The van der Waals surface area contributed by atoms with Gasteiger partial charge >= 0.3 is 6.09 Å². The number of hydrogen-bond acceptors (Lipinski definition) is 4. The van der Waals surface area contributed by atoms with Gasteiger partial charge in [-0.25, -0.2) is 4.79 Å². The van der Waals surface area contributed by atoms with Crippen molar-refractivity contribution in [3.05, 3.63) is 34.9 Å². The number of nitrogens with zero attached hydrogens (tertiary/aromatic N) is 1. The normalized spacial score (nSPS) is 13.8. The fraction of sp³-hybridized carbons (Fsp3) is 0.667. The molecule has 2 atom stereocenters. The Kier molecular flexibility index (Phi) is 10.2. The summed E-state index contributed by atoms with van der Waals surface area (Å²) in [5, 5.41) is 5.78. The molecule has 2 unspecified atom stereocenters. The number of carbonyl (C=O) groups excluding carboxylic acids is 3. The highest BCUT2D eigenvalue weighted by atomic mass is 16.6. The van der Waals surface area contributed by atoms with Crippen molar-refractivity contribution in [1.29, 1.82) is 0 Å². The SMILES string of the molecule is CCN(C(=O)C(CC(C)C)NC(=O)OC(C)(C)C)C(C(=O)NC(C)(C)C)c1cc(C)cc(C)c1. The third-order valence-corrected chi connectivity index (χ3v) is 4.94. The Morgan fingerprint density at radius 3 is 1.91 bits per heavy atom. The zero-order chi connectivity index (χ0) is 26.4. The van der Waals surface area contributed by atoms with Crippen molar-refractivity contribution >= 4 is 17.9 Å². The number of carbonyl (C=O) groups is 3. The van der Waals surface area contributed by atoms with E-state index >= 15 is 0 Å². The number of likely N-dealkylation sites (N-methyl/N-ethyl adjacent to an activating group) is 1. The third-order valence-electron chi connectivity index (χ3n) is 4.94. The second-order valence-corrected chi connectivity index (χ2v) is 11.5. The molecule has 0 radical (unpaired) electrons. The summed E-state index contributed by atoms with van der Waals surface area (Å²) >= 11 is 0. The summed E-state index contributed by atoms with van der Waals surface area (Å²) in [4.78, 5) is 41.5. The molecule has 0 bridgehead atoms. The highest BCUT2D eigenvalue weighted by Gasteiger charge is 2.36. The van der Waals surface area contributed by atoms with Crippen LogP contribution in [0.4, 0.5) is 4.79 Å². The Morgan fingerprint density at radius 1 is 0.971 bits per heavy atom. The van der Waals surface area contributed by atoms with Crippen LogP contribution in [0.5, 0.6) is 0 Å². The van der Waals surface area contributed by atoms with Crippen molar-refractivity contribution in [1.82, 2.24) is 15.5 Å². The van der Waals surface area contributed by atoms with Gasteiger partial charge in [0.15, 0.2) is 0 Å². The minimum absolute atomic E-state index is 0.144. The first kappa shape index (κ1) is 29.5. The van der Waals surface area contributed by atoms with Crippen LogP contribution in [0.3, 0.4) is 0 Å². The quantitative estimate of drug-likeness (QED) is 0.551. The second-order valence-electron chi connectivity index (χ2n) is 11.5. The van der Waals surface area contributed by atoms with Crippen LogP contribution in [0.15, 0.2) is 18.2 Å². The summed E-state index contributed by atoms with van der Waals surface area (Å²) in [5.41, 5.74) is 1.61. The van der Waals surface area contributed by atoms with Gasteiger partial charge < -0.3 is 20.3 Å². The van der Waals surface area contributed by atoms with Gasteiger partial charge in [0.25, 0.3) is 0 Å². The van der Waals surface area contributed by atoms with Gasteiger partial charge in [0.05, 0.1) is 0 Å². The predicted octanol–water partition coefficient (Wildman–Crippen LogP) is 5.05. The largest absolute Gasteiger partial charge is 0.444 e. The zero-order valence-corrected chi connectivity index (χ0v) is 23.0. The Hall–Kier alpha value is -2.57. The monoisotopic (exact) mass is 475 g/mol. The highest BCUT2D eigenvalue weighted by molar-refractivity contribution is 5.92. The van der Waals surface area contributed by atoms with Crippen LogP contribution >= 0.6 is 0 Å². The number of alkyl carbamates (subject to hydrolysis) is 1. The topological polar surface area (TPSA) is 87.7 Å². The van der Waals surface area contributed by atoms with E-state index in [2.05, 4.69) is 10.6 Å². The third kappa shape index (κ3) is 9.74. The van der Waals surface area contributed by atoms with Gasteiger partial charge in [0, 0.05) is 12.1 Å². The zero-order valence-electron chi connectivity index (χ0n) is 23.0. The van der Waals surface area contributed by atoms with E-state index in [-0.39, 0.29) is 17.7 Å². The molecule has 1 aromatic carbocycles. The number of rotatable bonds is 8. The minimum atomic E-state index is -0.828. The maximum absolute atomic E-state index is 13.8. The molecule has 0 saturated heterocycles. The van der Waals surface area contributed by atoms with Crippen molar-refractivity contribution < 1.29 is 19.1 Å². The van der Waals surface area contributed by atoms with Gasteiger partial charge in [-0.1, -0.05) is 43.2 Å². The average molecular weight is 476 g/mol. The lowest BCUT2D eigenvalue weighted by molar-refractivity contribution is -0.143. The number of aryl methyl sites for hydroxylation is 2. The summed E-state index contributed by atoms with van der Waals surface area (Å²) in [6.45, 7) is 21.1. The lowest BCUT2D eigenvalue weighted by Gasteiger charge is -2.36. The maximum atomic E-state index is 13.8. The first-order valence-corrected chi connectivity index (χ1v) is 12.1. The first-order chi connectivity index (χ1) is 15.4. The van der Waals surface area contributed by atoms with E-state index in [0.717, 1.165) is 16.7 Å². The van der Waals surface area contributed by atoms with Crippen LogP contribution < -0.4 is 10.6 Å². The van der Waals surface area contributed by atoms with Gasteiger partial charge in [-0.05, 0) is 80.2 Å². The number of nitrogens with one attached hydrogen (secondary N) is 2. The molecule has 7 nitrogen and oxygen atoms in total. The van der Waals surface area contributed by atoms with Crippen molar-refractivity contribution in [2.75, 3.05) is 6.54 Å². The number of benzene rings is 1. The maximum Gasteiger partial charge on any atom is 0.408 e. The van der Waals surface area contributed by atoms with Crippen LogP contribution in [0, 0.1) is 19.8 Å². The van der Waals surface area contributed by atoms with Crippen molar-refractivity contribution in [2.45, 2.75) is 106 Å². The van der Waals surface area contributed by atoms with Crippen LogP contribution in [0.1, 0.15) is 91.5 Å². The Bertz CT molecular complexity index is 845. The van der Waals surface area contributed by atoms with Crippen LogP contribution in [0.25, 0.3) is 0 Å². The summed E-state index contributed by atoms with van der Waals surface area (Å²) in [6, 6.07) is 4.27. The fourth-order valence-electron chi connectivity index (χ4n) is 3.89. The van der Waals surface area contributed by atoms with Gasteiger partial charge in [-0.15, -0.1) is 0 Å². The van der Waals surface area contributed by atoms with E-state index in [1.54, 1.807) is 25.7 Å². The molecular weight excluding hydrogens is 430 g/mol. The van der Waals surface area contributed by atoms with Crippen LogP contribution in [0.2, 0.25) is 0 Å². The van der Waals surface area contributed by atoms with E-state index in [4.69, 9.17) is 4.74 Å². The average Bonchev–Trinajstić information content (AvgIpc) is 2.60. The van der Waals surface area contributed by atoms with Crippen molar-refractivity contribution in [3.63, 3.8) is 0 Å². The van der Waals surface area contributed by atoms with Gasteiger partial charge in [0.2, 0.25) is 11.8 Å². The molecule has 34 heavy (non-hydrogen) atoms. The molecule has 0 aliphatic heterocycles. The molecule has 0 aromatic heterocycles. The van der Waals surface area contributed by atoms with E-state index in [1.807, 2.05) is 73.6 Å². The summed E-state index contributed by atoms with van der Waals surface area (Å²) in [7, 11) is 0. The highest BCUT2D eigenvalue weighted by Crippen LogP contribution is 2.26. The lowest BCUT2D eigenvalue weighted by Crippen LogP contribution is -2.54. The second kappa shape index (κ2) is 11.7. The molecule has 1 rings (SSSR count). The van der Waals surface area contributed by atoms with E-state index in [1.165, 1.54) is 0 Å². The molecule has 0 aliphatic rings. The molecule has 0 aliphatic carbocycles. The molecule has 0 spiro atoms. The molecule has 3 amide bonds. The molecule has 0 saturated carbocycles. The molecule has 1 aromatic rings. The molecule has 0 fully saturated rings. The molecular formula is C27H45N3O4. The lowest BCUT2D eigenvalue weighted by atomic mass is 9.96. The Morgan fingerprint density at radius 2 is 1.50 bits per heavy atom. The van der Waals surface area contributed by atoms with E-state index < -0.39 is 29.3 Å². The summed E-state index contributed by atoms with van der Waals surface area (Å²) in [6.07, 6.45) is -0.223. The van der Waals surface area contributed by atoms with Crippen molar-refractivity contribution in [2.24, 2.45) is 5.92 Å². The van der Waals surface area contributed by atoms with Crippen molar-refractivity contribution in [3.8, 4) is 0 Å². The summed E-state index contributed by atoms with van der Waals surface area (Å²) < 4.78 is 5.40. The number of ether oxygens (including phenoxy) is 1. The van der Waals surface area contributed by atoms with E-state index in [9.17, 15) is 14.4 Å². The Balaban J connectivity index is 3.45. The minimum Gasteiger partial charge on any atom is -0.444 e. The standard InChI is InChI=1S/C27H45N3O4/c1-12-30(24(32)21(13-17(2)3)28-25(33)34-27(9,10)11)22(23(31)29-26(6,7)8)20-15-18(4)14-19(5)16-20/h14-17,21-22H,12-13H2,1-11H3,(H,28,33)(H,29,31). The van der Waals surface area contributed by atoms with Gasteiger partial charge in [-0.2, -0.15) is 0 Å². The smallest absolute Gasteiger partial charge is 0.408 e. The van der Waals surface area contributed by atoms with Crippen LogP contribution in [-0.2, 0) is 14.3 Å². The number of amides is 3. The predicted molar refractivity (Wildman–Crippen MR) is 137 cm³/mol. The van der Waals surface area contributed by atoms with Crippen LogP contribution in [-0.4, -0.2) is 46.5 Å². The van der Waals surface area contributed by atoms with Gasteiger partial charge in [0.1, 0.15) is 17.7 Å². The Labute approximate surface area is 206 Å². The molecule has 192 valence electrons. The molecule has 2 N–H and O–H groups in total. The van der Waals surface area contributed by atoms with E-state index in [0.29, 0.717) is 13.0 Å². The molecule has 0 heterocycles. The number of hydrogen-bond donors (Lipinski definition) is 2. The first-order valence-electron chi connectivity index (χ1n) is 12.1. The molecule has 7 heteroatoms. The van der Waals surface area contributed by atoms with Gasteiger partial charge in [-0.3, -0.25) is 9.59 Å². The summed E-state index contributed by atoms with van der Waals surface area (Å²) in [5.74, 6) is -0.422.